The van der Waals surface area contributed by atoms with Crippen LogP contribution in [0.15, 0.2) is 97.2 Å². The second-order valence-corrected chi connectivity index (χ2v) is 8.21. The van der Waals surface area contributed by atoms with E-state index in [0.717, 1.165) is 38.8 Å². The Morgan fingerprint density at radius 1 is 0.697 bits per heavy atom. The van der Waals surface area contributed by atoms with Crippen molar-refractivity contribution in [1.82, 2.24) is 15.0 Å². The van der Waals surface area contributed by atoms with Gasteiger partial charge in [-0.2, -0.15) is 0 Å². The van der Waals surface area contributed by atoms with Crippen LogP contribution in [0.4, 0.5) is 0 Å². The predicted molar refractivity (Wildman–Crippen MR) is 134 cm³/mol. The zero-order chi connectivity index (χ0) is 22.4. The number of phenolic OH excluding ortho intramolecular Hbond substituents is 1. The lowest BCUT2D eigenvalue weighted by Gasteiger charge is -2.10. The van der Waals surface area contributed by atoms with Gasteiger partial charge < -0.3 is 10.1 Å². The number of benzene rings is 4. The molecule has 0 unspecified atom stereocenters. The minimum Gasteiger partial charge on any atom is -0.507 e. The fourth-order valence-corrected chi connectivity index (χ4v) is 4.47. The number of aromatic nitrogens is 3. The number of aromatic hydroxyl groups is 1. The number of fused-ring (bicyclic) bond motifs is 2. The number of nitrogens with zero attached hydrogens (tertiary/aromatic N) is 2. The molecule has 0 aliphatic heterocycles. The van der Waals surface area contributed by atoms with Gasteiger partial charge in [-0.15, -0.1) is 0 Å². The zero-order valence-electron chi connectivity index (χ0n) is 18.1. The van der Waals surface area contributed by atoms with Crippen LogP contribution in [0.5, 0.6) is 5.75 Å². The van der Waals surface area contributed by atoms with Crippen LogP contribution >= 0.6 is 0 Å². The van der Waals surface area contributed by atoms with Gasteiger partial charge in [0.2, 0.25) is 0 Å². The Morgan fingerprint density at radius 3 is 2.30 bits per heavy atom. The minimum atomic E-state index is 0.207. The summed E-state index contributed by atoms with van der Waals surface area (Å²) < 4.78 is 0. The van der Waals surface area contributed by atoms with Gasteiger partial charge in [-0.1, -0.05) is 60.7 Å². The monoisotopic (exact) mass is 427 g/mol. The van der Waals surface area contributed by atoms with E-state index in [2.05, 4.69) is 65.4 Å². The number of imidazole rings is 1. The number of hydrogen-bond acceptors (Lipinski definition) is 3. The van der Waals surface area contributed by atoms with Crippen LogP contribution in [0, 0.1) is 6.92 Å². The van der Waals surface area contributed by atoms with Gasteiger partial charge in [0.1, 0.15) is 11.6 Å². The Morgan fingerprint density at radius 2 is 1.45 bits per heavy atom. The summed E-state index contributed by atoms with van der Waals surface area (Å²) in [6, 6.07) is 30.3. The lowest BCUT2D eigenvalue weighted by Crippen LogP contribution is -1.88. The van der Waals surface area contributed by atoms with Gasteiger partial charge in [0.15, 0.2) is 0 Å². The number of rotatable bonds is 3. The van der Waals surface area contributed by atoms with Crippen LogP contribution in [0.1, 0.15) is 5.56 Å². The van der Waals surface area contributed by atoms with Crippen molar-refractivity contribution in [3.63, 3.8) is 0 Å². The van der Waals surface area contributed by atoms with Crippen molar-refractivity contribution in [3.05, 3.63) is 103 Å². The molecule has 0 aliphatic rings. The number of para-hydroxylation sites is 2. The molecule has 0 radical (unpaired) electrons. The summed E-state index contributed by atoms with van der Waals surface area (Å²) in [7, 11) is 0. The van der Waals surface area contributed by atoms with Gasteiger partial charge in [0.25, 0.3) is 0 Å². The topological polar surface area (TPSA) is 61.8 Å². The molecule has 0 amide bonds. The van der Waals surface area contributed by atoms with E-state index >= 15 is 0 Å². The van der Waals surface area contributed by atoms with Gasteiger partial charge in [-0.25, -0.2) is 4.98 Å². The number of aromatic amines is 1. The van der Waals surface area contributed by atoms with Crippen molar-refractivity contribution in [2.24, 2.45) is 0 Å². The van der Waals surface area contributed by atoms with Crippen LogP contribution in [-0.4, -0.2) is 20.1 Å². The Bertz CT molecular complexity index is 1650. The van der Waals surface area contributed by atoms with E-state index in [1.807, 2.05) is 42.6 Å². The number of aryl methyl sites for hydroxylation is 1. The molecule has 0 saturated carbocycles. The molecular formula is C29H21N3O. The zero-order valence-corrected chi connectivity index (χ0v) is 18.1. The molecular weight excluding hydrogens is 406 g/mol. The number of pyridine rings is 1. The molecule has 6 rings (SSSR count). The molecule has 0 fully saturated rings. The third kappa shape index (κ3) is 3.24. The van der Waals surface area contributed by atoms with Crippen molar-refractivity contribution in [3.8, 4) is 39.4 Å². The second kappa shape index (κ2) is 7.61. The fraction of sp³-hybridized carbons (Fsp3) is 0.0345. The molecule has 6 aromatic rings. The number of phenols is 1. The average molecular weight is 428 g/mol. The minimum absolute atomic E-state index is 0.207. The lowest BCUT2D eigenvalue weighted by atomic mass is 9.95. The molecule has 2 aromatic heterocycles. The molecule has 0 spiro atoms. The van der Waals surface area contributed by atoms with Gasteiger partial charge in [0.05, 0.1) is 22.1 Å². The first kappa shape index (κ1) is 19.3. The maximum Gasteiger partial charge on any atom is 0.142 e. The Balaban J connectivity index is 1.51. The predicted octanol–water partition coefficient (Wildman–Crippen LogP) is 7.13. The largest absolute Gasteiger partial charge is 0.507 e. The van der Waals surface area contributed by atoms with Crippen molar-refractivity contribution >= 4 is 21.9 Å². The third-order valence-electron chi connectivity index (χ3n) is 6.14. The summed E-state index contributed by atoms with van der Waals surface area (Å²) in [4.78, 5) is 12.9. The van der Waals surface area contributed by atoms with Gasteiger partial charge in [0, 0.05) is 22.7 Å². The van der Waals surface area contributed by atoms with Crippen LogP contribution in [0.25, 0.3) is 55.6 Å². The van der Waals surface area contributed by atoms with E-state index < -0.39 is 0 Å². The standard InChI is InChI=1S/C29H21N3O/c1-18-14-15-23(27-21(18)11-6-16-30-27)20-8-4-7-19(17-20)22-10-5-12-25-28(22)32-29(31-25)24-9-2-3-13-26(24)33/h2-17,33H,1H3,(H,31,32). The van der Waals surface area contributed by atoms with Crippen molar-refractivity contribution < 1.29 is 5.11 Å². The first-order valence-electron chi connectivity index (χ1n) is 10.9. The Kier molecular flexibility index (Phi) is 4.44. The smallest absolute Gasteiger partial charge is 0.142 e. The molecule has 33 heavy (non-hydrogen) atoms. The molecule has 0 bridgehead atoms. The maximum atomic E-state index is 10.3. The van der Waals surface area contributed by atoms with Crippen molar-refractivity contribution in [1.29, 1.82) is 0 Å². The van der Waals surface area contributed by atoms with Crippen LogP contribution in [-0.2, 0) is 0 Å². The lowest BCUT2D eigenvalue weighted by molar-refractivity contribution is 0.477. The maximum absolute atomic E-state index is 10.3. The Hall–Kier alpha value is -4.44. The molecule has 0 saturated heterocycles. The summed E-state index contributed by atoms with van der Waals surface area (Å²) >= 11 is 0. The quantitative estimate of drug-likeness (QED) is 0.316. The Labute approximate surface area is 191 Å². The summed E-state index contributed by atoms with van der Waals surface area (Å²) in [6.45, 7) is 2.12. The van der Waals surface area contributed by atoms with Crippen molar-refractivity contribution in [2.75, 3.05) is 0 Å². The molecule has 0 aliphatic carbocycles. The van der Waals surface area contributed by atoms with Crippen LogP contribution < -0.4 is 0 Å². The SMILES string of the molecule is Cc1ccc(-c2cccc(-c3cccc4[nH]c(-c5ccccc5O)nc34)c2)c2ncccc12. The van der Waals surface area contributed by atoms with E-state index in [1.54, 1.807) is 6.07 Å². The molecule has 2 N–H and O–H groups in total. The van der Waals surface area contributed by atoms with E-state index in [9.17, 15) is 5.11 Å². The first-order chi connectivity index (χ1) is 16.2. The second-order valence-electron chi connectivity index (χ2n) is 8.21. The van der Waals surface area contributed by atoms with E-state index in [-0.39, 0.29) is 5.75 Å². The molecule has 158 valence electrons. The van der Waals surface area contributed by atoms with E-state index in [4.69, 9.17) is 4.98 Å². The third-order valence-corrected chi connectivity index (χ3v) is 6.14. The molecule has 4 aromatic carbocycles. The highest BCUT2D eigenvalue weighted by atomic mass is 16.3. The summed E-state index contributed by atoms with van der Waals surface area (Å²) in [5, 5.41) is 11.4. The van der Waals surface area contributed by atoms with Gasteiger partial charge in [-0.05, 0) is 53.9 Å². The number of nitrogens with one attached hydrogen (secondary N) is 1. The summed E-state index contributed by atoms with van der Waals surface area (Å²) in [5.74, 6) is 0.860. The van der Waals surface area contributed by atoms with Crippen molar-refractivity contribution in [2.45, 2.75) is 6.92 Å². The molecule has 2 heterocycles. The number of hydrogen-bond donors (Lipinski definition) is 2. The first-order valence-corrected chi connectivity index (χ1v) is 10.9. The van der Waals surface area contributed by atoms with Crippen LogP contribution in [0.2, 0.25) is 0 Å². The summed E-state index contributed by atoms with van der Waals surface area (Å²) in [5.41, 5.74) is 9.07. The highest BCUT2D eigenvalue weighted by molar-refractivity contribution is 5.98. The summed E-state index contributed by atoms with van der Waals surface area (Å²) in [6.07, 6.45) is 1.85. The molecule has 0 atom stereocenters. The highest BCUT2D eigenvalue weighted by Crippen LogP contribution is 2.35. The average Bonchev–Trinajstić information content (AvgIpc) is 3.29. The van der Waals surface area contributed by atoms with E-state index in [1.165, 1.54) is 10.9 Å². The van der Waals surface area contributed by atoms with Crippen LogP contribution in [0.3, 0.4) is 0 Å². The van der Waals surface area contributed by atoms with Gasteiger partial charge in [-0.3, -0.25) is 4.98 Å². The normalized spacial score (nSPS) is 11.3. The fourth-order valence-electron chi connectivity index (χ4n) is 4.47. The van der Waals surface area contributed by atoms with E-state index in [0.29, 0.717) is 11.4 Å². The van der Waals surface area contributed by atoms with Gasteiger partial charge >= 0.3 is 0 Å². The number of H-pyrrole nitrogens is 1. The molecule has 4 heteroatoms. The molecule has 4 nitrogen and oxygen atoms in total. The highest BCUT2D eigenvalue weighted by Gasteiger charge is 2.14.